The smallest absolute Gasteiger partial charge is 0.116 e. The molecule has 1 unspecified atom stereocenters. The zero-order chi connectivity index (χ0) is 8.20. The Balaban J connectivity index is 3.78. The highest BCUT2D eigenvalue weighted by Gasteiger charge is 2.21. The third-order valence-electron chi connectivity index (χ3n) is 1.28. The van der Waals surface area contributed by atoms with Crippen LogP contribution in [0.25, 0.3) is 0 Å². The molecule has 1 atom stereocenters. The van der Waals surface area contributed by atoms with Crippen LogP contribution in [0.1, 0.15) is 26.7 Å². The van der Waals surface area contributed by atoms with E-state index in [9.17, 15) is 0 Å². The van der Waals surface area contributed by atoms with Gasteiger partial charge in [0.1, 0.15) is 4.33 Å². The fraction of sp³-hybridized carbons (Fsp3) is 0.857. The third-order valence-corrected chi connectivity index (χ3v) is 1.59. The van der Waals surface area contributed by atoms with Crippen LogP contribution in [0.3, 0.4) is 0 Å². The highest BCUT2D eigenvalue weighted by atomic mass is 35.5. The molecule has 0 aliphatic rings. The number of rotatable bonds is 3. The molecule has 58 valence electrons. The molecule has 0 bridgehead atoms. The first-order chi connectivity index (χ1) is 4.49. The van der Waals surface area contributed by atoms with E-state index in [0.717, 1.165) is 6.42 Å². The average Bonchev–Trinajstić information content (AvgIpc) is 1.81. The first kappa shape index (κ1) is 10.1. The number of halogens is 2. The summed E-state index contributed by atoms with van der Waals surface area (Å²) >= 11 is 11.4. The Morgan fingerprint density at radius 2 is 2.10 bits per heavy atom. The molecular formula is C7H11Cl2N. The summed E-state index contributed by atoms with van der Waals surface area (Å²) in [6.45, 7) is 3.66. The summed E-state index contributed by atoms with van der Waals surface area (Å²) in [4.78, 5) is 0. The van der Waals surface area contributed by atoms with Crippen LogP contribution in [0, 0.1) is 17.2 Å². The van der Waals surface area contributed by atoms with Crippen molar-refractivity contribution in [3.05, 3.63) is 0 Å². The van der Waals surface area contributed by atoms with Crippen molar-refractivity contribution < 1.29 is 0 Å². The quantitative estimate of drug-likeness (QED) is 0.612. The number of hydrogen-bond acceptors (Lipinski definition) is 1. The van der Waals surface area contributed by atoms with Gasteiger partial charge in [0.25, 0.3) is 0 Å². The van der Waals surface area contributed by atoms with Gasteiger partial charge >= 0.3 is 0 Å². The van der Waals surface area contributed by atoms with Crippen molar-refractivity contribution in [2.45, 2.75) is 31.0 Å². The molecular weight excluding hydrogens is 169 g/mol. The standard InChI is InChI=1S/C7H11Cl2N/c1-3-6(5-10)4-7(2,8)9/h6H,3-4H2,1-2H3. The van der Waals surface area contributed by atoms with E-state index in [1.54, 1.807) is 6.92 Å². The van der Waals surface area contributed by atoms with Crippen LogP contribution in [0.4, 0.5) is 0 Å². The molecule has 0 fully saturated rings. The Morgan fingerprint density at radius 3 is 2.20 bits per heavy atom. The maximum atomic E-state index is 8.52. The Hall–Kier alpha value is 0.0700. The van der Waals surface area contributed by atoms with E-state index >= 15 is 0 Å². The molecule has 0 N–H and O–H groups in total. The van der Waals surface area contributed by atoms with Gasteiger partial charge in [-0.3, -0.25) is 0 Å². The lowest BCUT2D eigenvalue weighted by Crippen LogP contribution is -2.12. The number of alkyl halides is 2. The molecule has 0 radical (unpaired) electrons. The molecule has 0 saturated carbocycles. The van der Waals surface area contributed by atoms with Gasteiger partial charge in [-0.1, -0.05) is 6.92 Å². The van der Waals surface area contributed by atoms with Crippen LogP contribution >= 0.6 is 23.2 Å². The molecule has 3 heteroatoms. The maximum Gasteiger partial charge on any atom is 0.116 e. The Morgan fingerprint density at radius 1 is 1.60 bits per heavy atom. The minimum Gasteiger partial charge on any atom is -0.198 e. The third kappa shape index (κ3) is 4.90. The predicted octanol–water partition coefficient (Wildman–Crippen LogP) is 3.12. The van der Waals surface area contributed by atoms with Crippen molar-refractivity contribution in [1.82, 2.24) is 0 Å². The lowest BCUT2D eigenvalue weighted by Gasteiger charge is -2.15. The highest BCUT2D eigenvalue weighted by Crippen LogP contribution is 2.29. The average molecular weight is 180 g/mol. The van der Waals surface area contributed by atoms with Crippen LogP contribution in [0.5, 0.6) is 0 Å². The second-order valence-corrected chi connectivity index (χ2v) is 4.37. The van der Waals surface area contributed by atoms with Gasteiger partial charge in [-0.05, 0) is 19.8 Å². The molecule has 0 rings (SSSR count). The van der Waals surface area contributed by atoms with Crippen molar-refractivity contribution in [3.8, 4) is 6.07 Å². The lowest BCUT2D eigenvalue weighted by molar-refractivity contribution is 0.555. The Bertz CT molecular complexity index is 132. The van der Waals surface area contributed by atoms with Gasteiger partial charge in [0.2, 0.25) is 0 Å². The van der Waals surface area contributed by atoms with Crippen molar-refractivity contribution in [2.75, 3.05) is 0 Å². The van der Waals surface area contributed by atoms with Crippen molar-refractivity contribution >= 4 is 23.2 Å². The summed E-state index contributed by atoms with van der Waals surface area (Å²) in [5.41, 5.74) is 0. The monoisotopic (exact) mass is 179 g/mol. The topological polar surface area (TPSA) is 23.8 Å². The van der Waals surface area contributed by atoms with E-state index in [1.165, 1.54) is 0 Å². The van der Waals surface area contributed by atoms with E-state index in [-0.39, 0.29) is 5.92 Å². The van der Waals surface area contributed by atoms with Crippen molar-refractivity contribution in [3.63, 3.8) is 0 Å². The highest BCUT2D eigenvalue weighted by molar-refractivity contribution is 6.48. The summed E-state index contributed by atoms with van der Waals surface area (Å²) in [5.74, 6) is -0.0139. The first-order valence-electron chi connectivity index (χ1n) is 3.27. The SMILES string of the molecule is CCC(C#N)CC(C)(Cl)Cl. The summed E-state index contributed by atoms with van der Waals surface area (Å²) < 4.78 is -0.754. The minimum atomic E-state index is -0.754. The van der Waals surface area contributed by atoms with E-state index in [0.29, 0.717) is 6.42 Å². The van der Waals surface area contributed by atoms with Gasteiger partial charge in [-0.25, -0.2) is 0 Å². The van der Waals surface area contributed by atoms with Crippen LogP contribution in [-0.2, 0) is 0 Å². The van der Waals surface area contributed by atoms with Crippen LogP contribution < -0.4 is 0 Å². The fourth-order valence-electron chi connectivity index (χ4n) is 0.714. The maximum absolute atomic E-state index is 8.52. The Labute approximate surface area is 71.9 Å². The van der Waals surface area contributed by atoms with Crippen LogP contribution in [0.2, 0.25) is 0 Å². The molecule has 1 nitrogen and oxygen atoms in total. The molecule has 0 spiro atoms. The minimum absolute atomic E-state index is 0.0139. The number of hydrogen-bond donors (Lipinski definition) is 0. The zero-order valence-corrected chi connectivity index (χ0v) is 7.71. The molecule has 0 aliphatic heterocycles. The zero-order valence-electron chi connectivity index (χ0n) is 6.19. The predicted molar refractivity (Wildman–Crippen MR) is 44.1 cm³/mol. The number of nitrogens with zero attached hydrogens (tertiary/aromatic N) is 1. The van der Waals surface area contributed by atoms with Crippen LogP contribution in [-0.4, -0.2) is 4.33 Å². The summed E-state index contributed by atoms with van der Waals surface area (Å²) in [5, 5.41) is 8.52. The largest absolute Gasteiger partial charge is 0.198 e. The summed E-state index contributed by atoms with van der Waals surface area (Å²) in [6, 6.07) is 2.14. The number of nitriles is 1. The van der Waals surface area contributed by atoms with Gasteiger partial charge in [0.05, 0.1) is 6.07 Å². The van der Waals surface area contributed by atoms with E-state index in [1.807, 2.05) is 6.92 Å². The van der Waals surface area contributed by atoms with E-state index in [4.69, 9.17) is 28.5 Å². The Kier molecular flexibility index (Phi) is 4.08. The summed E-state index contributed by atoms with van der Waals surface area (Å²) in [7, 11) is 0. The molecule has 0 aromatic rings. The van der Waals surface area contributed by atoms with Gasteiger partial charge in [-0.2, -0.15) is 5.26 Å². The molecule has 0 aliphatic carbocycles. The van der Waals surface area contributed by atoms with E-state index in [2.05, 4.69) is 6.07 Å². The van der Waals surface area contributed by atoms with Gasteiger partial charge in [-0.15, -0.1) is 23.2 Å². The van der Waals surface area contributed by atoms with Crippen LogP contribution in [0.15, 0.2) is 0 Å². The molecule has 0 aromatic carbocycles. The second-order valence-electron chi connectivity index (χ2n) is 2.51. The molecule has 10 heavy (non-hydrogen) atoms. The van der Waals surface area contributed by atoms with Gasteiger partial charge in [0, 0.05) is 5.92 Å². The normalized spacial score (nSPS) is 14.3. The fourth-order valence-corrected chi connectivity index (χ4v) is 1.09. The van der Waals surface area contributed by atoms with Crippen molar-refractivity contribution in [1.29, 1.82) is 5.26 Å². The van der Waals surface area contributed by atoms with Gasteiger partial charge < -0.3 is 0 Å². The molecule has 0 saturated heterocycles. The molecule has 0 heterocycles. The molecule has 0 aromatic heterocycles. The summed E-state index contributed by atoms with van der Waals surface area (Å²) in [6.07, 6.45) is 1.36. The van der Waals surface area contributed by atoms with Gasteiger partial charge in [0.15, 0.2) is 0 Å². The van der Waals surface area contributed by atoms with E-state index < -0.39 is 4.33 Å². The first-order valence-corrected chi connectivity index (χ1v) is 4.02. The lowest BCUT2D eigenvalue weighted by atomic mass is 10.0. The van der Waals surface area contributed by atoms with Crippen molar-refractivity contribution in [2.24, 2.45) is 5.92 Å². The molecule has 0 amide bonds. The second kappa shape index (κ2) is 4.05.